The van der Waals surface area contributed by atoms with Crippen molar-refractivity contribution in [2.45, 2.75) is 13.3 Å². The van der Waals surface area contributed by atoms with Gasteiger partial charge in [-0.2, -0.15) is 0 Å². The second-order valence-corrected chi connectivity index (χ2v) is 9.65. The number of benzene rings is 3. The summed E-state index contributed by atoms with van der Waals surface area (Å²) in [6.07, 6.45) is 1.07. The Morgan fingerprint density at radius 1 is 0.857 bits per heavy atom. The SMILES string of the molecule is CCOC(=O)c1ccc(NC(=O)c2cccc(/C(N)=N/O)c2)c(NC(=O)c2ccc(N3CCCN(C)CC3)cc2)c1.Cl. The van der Waals surface area contributed by atoms with E-state index in [1.54, 1.807) is 37.3 Å². The Balaban J connectivity index is 0.00000484. The third kappa shape index (κ3) is 7.99. The molecule has 1 aliphatic rings. The Morgan fingerprint density at radius 3 is 2.24 bits per heavy atom. The van der Waals surface area contributed by atoms with Crippen molar-refractivity contribution in [2.75, 3.05) is 55.4 Å². The molecule has 1 saturated heterocycles. The lowest BCUT2D eigenvalue weighted by Gasteiger charge is -2.23. The summed E-state index contributed by atoms with van der Waals surface area (Å²) >= 11 is 0. The van der Waals surface area contributed by atoms with Gasteiger partial charge in [-0.15, -0.1) is 12.4 Å². The number of amidine groups is 1. The van der Waals surface area contributed by atoms with E-state index in [2.05, 4.69) is 32.6 Å². The molecule has 0 radical (unpaired) electrons. The van der Waals surface area contributed by atoms with E-state index in [0.29, 0.717) is 11.1 Å². The third-order valence-electron chi connectivity index (χ3n) is 6.77. The van der Waals surface area contributed by atoms with Crippen LogP contribution in [0.4, 0.5) is 17.1 Å². The van der Waals surface area contributed by atoms with Crippen LogP contribution in [0.25, 0.3) is 0 Å². The summed E-state index contributed by atoms with van der Waals surface area (Å²) in [5, 5.41) is 17.5. The number of hydrogen-bond acceptors (Lipinski definition) is 8. The molecule has 0 aromatic heterocycles. The number of nitrogens with zero attached hydrogens (tertiary/aromatic N) is 3. The number of hydrogen-bond donors (Lipinski definition) is 4. The first kappa shape index (κ1) is 31.9. The van der Waals surface area contributed by atoms with E-state index < -0.39 is 17.8 Å². The van der Waals surface area contributed by atoms with Gasteiger partial charge in [0.1, 0.15) is 0 Å². The number of likely N-dealkylation sites (N-methyl/N-ethyl adjacent to an activating group) is 1. The highest BCUT2D eigenvalue weighted by Crippen LogP contribution is 2.26. The first-order valence-corrected chi connectivity index (χ1v) is 13.3. The van der Waals surface area contributed by atoms with E-state index in [1.807, 2.05) is 12.1 Å². The molecule has 3 aromatic rings. The maximum Gasteiger partial charge on any atom is 0.338 e. The number of amides is 2. The van der Waals surface area contributed by atoms with Gasteiger partial charge >= 0.3 is 5.97 Å². The van der Waals surface area contributed by atoms with Gasteiger partial charge in [-0.05, 0) is 81.5 Å². The Hall–Kier alpha value is -4.61. The maximum absolute atomic E-state index is 13.3. The summed E-state index contributed by atoms with van der Waals surface area (Å²) in [5.41, 5.74) is 8.45. The molecule has 3 aromatic carbocycles. The predicted molar refractivity (Wildman–Crippen MR) is 165 cm³/mol. The van der Waals surface area contributed by atoms with Crippen LogP contribution in [-0.2, 0) is 4.74 Å². The quantitative estimate of drug-likeness (QED) is 0.100. The summed E-state index contributed by atoms with van der Waals surface area (Å²) in [7, 11) is 2.11. The maximum atomic E-state index is 13.3. The number of nitrogens with one attached hydrogen (secondary N) is 2. The number of ether oxygens (including phenoxy) is 1. The van der Waals surface area contributed by atoms with Crippen LogP contribution < -0.4 is 21.3 Å². The van der Waals surface area contributed by atoms with Crippen LogP contribution in [-0.4, -0.2) is 73.6 Å². The molecule has 1 aliphatic heterocycles. The topological polar surface area (TPSA) is 150 Å². The van der Waals surface area contributed by atoms with Crippen LogP contribution in [0.3, 0.4) is 0 Å². The fraction of sp³-hybridized carbons (Fsp3) is 0.267. The number of oxime groups is 1. The predicted octanol–water partition coefficient (Wildman–Crippen LogP) is 4.03. The summed E-state index contributed by atoms with van der Waals surface area (Å²) < 4.78 is 5.11. The van der Waals surface area contributed by atoms with Gasteiger partial charge in [0.15, 0.2) is 5.84 Å². The normalized spacial score (nSPS) is 13.9. The molecule has 42 heavy (non-hydrogen) atoms. The lowest BCUT2D eigenvalue weighted by Crippen LogP contribution is -2.28. The van der Waals surface area contributed by atoms with E-state index in [-0.39, 0.29) is 47.4 Å². The molecule has 0 aliphatic carbocycles. The van der Waals surface area contributed by atoms with Crippen LogP contribution in [0.1, 0.15) is 50.0 Å². The standard InChI is InChI=1S/C30H34N6O5.ClH/c1-3-41-30(39)23-10-13-25(32-29(38)22-7-4-6-21(18-22)27(31)34-40)26(19-23)33-28(37)20-8-11-24(12-9-20)36-15-5-14-35(2)16-17-36;/h4,6-13,18-19,40H,3,5,14-17H2,1-2H3,(H2,31,34)(H,32,38)(H,33,37);1H. The van der Waals surface area contributed by atoms with Crippen LogP contribution >= 0.6 is 12.4 Å². The van der Waals surface area contributed by atoms with Gasteiger partial charge in [0.2, 0.25) is 0 Å². The second kappa shape index (κ2) is 14.9. The van der Waals surface area contributed by atoms with Crippen molar-refractivity contribution >= 4 is 53.1 Å². The third-order valence-corrected chi connectivity index (χ3v) is 6.77. The molecule has 222 valence electrons. The molecule has 11 nitrogen and oxygen atoms in total. The highest BCUT2D eigenvalue weighted by atomic mass is 35.5. The fourth-order valence-corrected chi connectivity index (χ4v) is 4.49. The number of carbonyl (C=O) groups excluding carboxylic acids is 3. The van der Waals surface area contributed by atoms with Gasteiger partial charge in [0.25, 0.3) is 11.8 Å². The van der Waals surface area contributed by atoms with Crippen molar-refractivity contribution in [3.05, 3.63) is 89.0 Å². The average Bonchev–Trinajstić information content (AvgIpc) is 3.22. The summed E-state index contributed by atoms with van der Waals surface area (Å²) in [4.78, 5) is 43.3. The van der Waals surface area contributed by atoms with Crippen LogP contribution in [0.15, 0.2) is 71.9 Å². The highest BCUT2D eigenvalue weighted by molar-refractivity contribution is 6.11. The van der Waals surface area contributed by atoms with Crippen molar-refractivity contribution < 1.29 is 24.3 Å². The average molecular weight is 595 g/mol. The number of rotatable bonds is 8. The van der Waals surface area contributed by atoms with E-state index in [4.69, 9.17) is 15.7 Å². The molecule has 5 N–H and O–H groups in total. The molecule has 0 bridgehead atoms. The molecule has 4 rings (SSSR count). The van der Waals surface area contributed by atoms with Crippen molar-refractivity contribution in [3.63, 3.8) is 0 Å². The Labute approximate surface area is 250 Å². The van der Waals surface area contributed by atoms with Crippen LogP contribution in [0.5, 0.6) is 0 Å². The number of esters is 1. The summed E-state index contributed by atoms with van der Waals surface area (Å²) in [6.45, 7) is 5.77. The number of nitrogens with two attached hydrogens (primary N) is 1. The molecule has 2 amide bonds. The lowest BCUT2D eigenvalue weighted by molar-refractivity contribution is 0.0526. The Kier molecular flexibility index (Phi) is 11.3. The number of halogens is 1. The first-order valence-electron chi connectivity index (χ1n) is 13.3. The van der Waals surface area contributed by atoms with Crippen molar-refractivity contribution in [1.29, 1.82) is 0 Å². The molecule has 1 heterocycles. The van der Waals surface area contributed by atoms with Gasteiger partial charge in [0.05, 0.1) is 23.5 Å². The second-order valence-electron chi connectivity index (χ2n) is 9.65. The van der Waals surface area contributed by atoms with Gasteiger partial charge in [-0.3, -0.25) is 9.59 Å². The first-order chi connectivity index (χ1) is 19.8. The Bertz CT molecular complexity index is 1450. The minimum Gasteiger partial charge on any atom is -0.462 e. The summed E-state index contributed by atoms with van der Waals surface area (Å²) in [5.74, 6) is -1.60. The van der Waals surface area contributed by atoms with Crippen LogP contribution in [0.2, 0.25) is 0 Å². The highest BCUT2D eigenvalue weighted by Gasteiger charge is 2.18. The van der Waals surface area contributed by atoms with Crippen molar-refractivity contribution in [2.24, 2.45) is 10.9 Å². The zero-order chi connectivity index (χ0) is 29.4. The van der Waals surface area contributed by atoms with E-state index in [0.717, 1.165) is 38.3 Å². The largest absolute Gasteiger partial charge is 0.462 e. The summed E-state index contributed by atoms with van der Waals surface area (Å²) in [6, 6.07) is 18.1. The molecule has 0 unspecified atom stereocenters. The molecular weight excluding hydrogens is 560 g/mol. The van der Waals surface area contributed by atoms with Gasteiger partial charge < -0.3 is 36.1 Å². The van der Waals surface area contributed by atoms with E-state index >= 15 is 0 Å². The zero-order valence-corrected chi connectivity index (χ0v) is 24.3. The zero-order valence-electron chi connectivity index (χ0n) is 23.5. The fourth-order valence-electron chi connectivity index (χ4n) is 4.49. The number of carbonyl (C=O) groups is 3. The van der Waals surface area contributed by atoms with Crippen molar-refractivity contribution in [3.8, 4) is 0 Å². The lowest BCUT2D eigenvalue weighted by atomic mass is 10.1. The molecule has 0 spiro atoms. The monoisotopic (exact) mass is 594 g/mol. The van der Waals surface area contributed by atoms with E-state index in [1.165, 1.54) is 24.3 Å². The minimum absolute atomic E-state index is 0. The van der Waals surface area contributed by atoms with Crippen LogP contribution in [0, 0.1) is 0 Å². The molecule has 0 atom stereocenters. The van der Waals surface area contributed by atoms with Gasteiger partial charge in [-0.1, -0.05) is 17.3 Å². The molecule has 1 fully saturated rings. The smallest absolute Gasteiger partial charge is 0.338 e. The van der Waals surface area contributed by atoms with Crippen molar-refractivity contribution in [1.82, 2.24) is 4.90 Å². The van der Waals surface area contributed by atoms with Gasteiger partial charge in [0, 0.05) is 42.0 Å². The molecule has 12 heteroatoms. The van der Waals surface area contributed by atoms with E-state index in [9.17, 15) is 14.4 Å². The van der Waals surface area contributed by atoms with Gasteiger partial charge in [-0.25, -0.2) is 4.79 Å². The molecular formula is C30H35ClN6O5. The Morgan fingerprint density at radius 2 is 1.52 bits per heavy atom. The minimum atomic E-state index is -0.556. The molecule has 0 saturated carbocycles. The number of anilines is 3.